The molecule has 0 radical (unpaired) electrons. The van der Waals surface area contributed by atoms with Gasteiger partial charge in [-0.05, 0) is 40.2 Å². The molecule has 2 amide bonds. The first-order chi connectivity index (χ1) is 14.5. The number of anilines is 2. The van der Waals surface area contributed by atoms with Crippen LogP contribution in [-0.4, -0.2) is 53.1 Å². The molecule has 0 spiro atoms. The van der Waals surface area contributed by atoms with E-state index in [1.807, 2.05) is 18.2 Å². The van der Waals surface area contributed by atoms with E-state index in [0.29, 0.717) is 33.8 Å². The monoisotopic (exact) mass is 487 g/mol. The molecule has 0 unspecified atom stereocenters. The van der Waals surface area contributed by atoms with Crippen molar-refractivity contribution in [1.29, 1.82) is 0 Å². The number of para-hydroxylation sites is 1. The van der Waals surface area contributed by atoms with Gasteiger partial charge in [0.15, 0.2) is 5.82 Å². The van der Waals surface area contributed by atoms with Crippen molar-refractivity contribution in [1.82, 2.24) is 15.1 Å². The molecule has 0 aliphatic carbocycles. The number of carbonyl (C=O) groups is 2. The predicted molar refractivity (Wildman–Crippen MR) is 120 cm³/mol. The molecule has 2 aromatic carbocycles. The molecule has 2 N–H and O–H groups in total. The third-order valence-electron chi connectivity index (χ3n) is 4.96. The highest BCUT2D eigenvalue weighted by atomic mass is 79.9. The molecule has 30 heavy (non-hydrogen) atoms. The summed E-state index contributed by atoms with van der Waals surface area (Å²) < 4.78 is 0.415. The number of aromatic amines is 1. The fourth-order valence-electron chi connectivity index (χ4n) is 3.34. The van der Waals surface area contributed by atoms with E-state index in [-0.39, 0.29) is 11.7 Å². The fraction of sp³-hybridized carbons (Fsp3) is 0.190. The van der Waals surface area contributed by atoms with E-state index in [1.54, 1.807) is 29.2 Å². The van der Waals surface area contributed by atoms with Gasteiger partial charge in [-0.1, -0.05) is 41.9 Å². The van der Waals surface area contributed by atoms with Crippen molar-refractivity contribution in [2.75, 3.05) is 36.4 Å². The molecular weight excluding hydrogens is 470 g/mol. The summed E-state index contributed by atoms with van der Waals surface area (Å²) in [4.78, 5) is 29.5. The summed E-state index contributed by atoms with van der Waals surface area (Å²) >= 11 is 9.46. The lowest BCUT2D eigenvalue weighted by Gasteiger charge is -2.35. The van der Waals surface area contributed by atoms with Crippen molar-refractivity contribution in [2.24, 2.45) is 0 Å². The SMILES string of the molecule is O=C(Nc1n[nH]c(C(=O)N2CCN(c3ccccc3)CC2)c1Br)c1ccccc1Cl. The second kappa shape index (κ2) is 8.89. The van der Waals surface area contributed by atoms with E-state index in [4.69, 9.17) is 11.6 Å². The molecule has 1 aliphatic heterocycles. The Balaban J connectivity index is 1.42. The summed E-state index contributed by atoms with van der Waals surface area (Å²) in [6, 6.07) is 16.9. The first-order valence-corrected chi connectivity index (χ1v) is 10.6. The minimum absolute atomic E-state index is 0.166. The summed E-state index contributed by atoms with van der Waals surface area (Å²) in [5.74, 6) is -0.324. The second-order valence-electron chi connectivity index (χ2n) is 6.81. The number of benzene rings is 2. The summed E-state index contributed by atoms with van der Waals surface area (Å²) in [5, 5.41) is 9.84. The van der Waals surface area contributed by atoms with Gasteiger partial charge in [-0.25, -0.2) is 0 Å². The van der Waals surface area contributed by atoms with E-state index < -0.39 is 5.91 Å². The molecule has 0 atom stereocenters. The molecule has 154 valence electrons. The lowest BCUT2D eigenvalue weighted by molar-refractivity contribution is 0.0739. The molecule has 3 aromatic rings. The molecule has 4 rings (SSSR count). The molecule has 1 saturated heterocycles. The average molecular weight is 489 g/mol. The number of rotatable bonds is 4. The molecule has 9 heteroatoms. The van der Waals surface area contributed by atoms with Crippen LogP contribution in [0.4, 0.5) is 11.5 Å². The highest BCUT2D eigenvalue weighted by Gasteiger charge is 2.27. The number of hydrogen-bond acceptors (Lipinski definition) is 4. The number of carbonyl (C=O) groups excluding carboxylic acids is 2. The highest BCUT2D eigenvalue weighted by molar-refractivity contribution is 9.10. The van der Waals surface area contributed by atoms with Gasteiger partial charge in [0.2, 0.25) is 0 Å². The Morgan fingerprint density at radius 2 is 1.67 bits per heavy atom. The van der Waals surface area contributed by atoms with E-state index in [2.05, 4.69) is 48.5 Å². The first-order valence-electron chi connectivity index (χ1n) is 9.43. The van der Waals surface area contributed by atoms with Gasteiger partial charge in [-0.3, -0.25) is 14.7 Å². The van der Waals surface area contributed by atoms with E-state index in [9.17, 15) is 9.59 Å². The van der Waals surface area contributed by atoms with E-state index in [0.717, 1.165) is 18.8 Å². The van der Waals surface area contributed by atoms with Crippen LogP contribution in [0.1, 0.15) is 20.8 Å². The first kappa shape index (κ1) is 20.4. The summed E-state index contributed by atoms with van der Waals surface area (Å²) in [5.41, 5.74) is 1.79. The predicted octanol–water partition coefficient (Wildman–Crippen LogP) is 4.04. The van der Waals surface area contributed by atoms with Crippen LogP contribution in [0.2, 0.25) is 5.02 Å². The Labute approximate surface area is 187 Å². The number of amides is 2. The van der Waals surface area contributed by atoms with Crippen LogP contribution in [-0.2, 0) is 0 Å². The Morgan fingerprint density at radius 3 is 2.37 bits per heavy atom. The molecule has 1 aromatic heterocycles. The number of halogens is 2. The van der Waals surface area contributed by atoms with Crippen LogP contribution in [0.3, 0.4) is 0 Å². The van der Waals surface area contributed by atoms with Crippen LogP contribution in [0.15, 0.2) is 59.1 Å². The number of nitrogens with one attached hydrogen (secondary N) is 2. The lowest BCUT2D eigenvalue weighted by Crippen LogP contribution is -2.49. The smallest absolute Gasteiger partial charge is 0.273 e. The van der Waals surface area contributed by atoms with Gasteiger partial charge in [-0.2, -0.15) is 5.10 Å². The zero-order valence-corrected chi connectivity index (χ0v) is 18.3. The van der Waals surface area contributed by atoms with Gasteiger partial charge in [0.1, 0.15) is 5.69 Å². The topological polar surface area (TPSA) is 81.3 Å². The molecular formula is C21H19BrClN5O2. The summed E-state index contributed by atoms with van der Waals surface area (Å²) in [6.45, 7) is 2.69. The molecule has 7 nitrogen and oxygen atoms in total. The van der Waals surface area contributed by atoms with Gasteiger partial charge < -0.3 is 15.1 Å². The van der Waals surface area contributed by atoms with Crippen molar-refractivity contribution >= 4 is 50.9 Å². The molecule has 1 fully saturated rings. The standard InChI is InChI=1S/C21H19BrClN5O2/c22-17-18(25-26-19(17)24-20(29)15-8-4-5-9-16(15)23)21(30)28-12-10-27(11-13-28)14-6-2-1-3-7-14/h1-9H,10-13H2,(H2,24,25,26,29). The quantitative estimate of drug-likeness (QED) is 0.581. The van der Waals surface area contributed by atoms with Gasteiger partial charge >= 0.3 is 0 Å². The van der Waals surface area contributed by atoms with Crippen molar-refractivity contribution < 1.29 is 9.59 Å². The number of piperazine rings is 1. The number of hydrogen-bond donors (Lipinski definition) is 2. The number of aromatic nitrogens is 2. The van der Waals surface area contributed by atoms with Gasteiger partial charge in [0.25, 0.3) is 11.8 Å². The van der Waals surface area contributed by atoms with Crippen LogP contribution in [0.25, 0.3) is 0 Å². The minimum Gasteiger partial charge on any atom is -0.368 e. The van der Waals surface area contributed by atoms with Gasteiger partial charge in [0.05, 0.1) is 15.1 Å². The van der Waals surface area contributed by atoms with Crippen LogP contribution in [0, 0.1) is 0 Å². The zero-order chi connectivity index (χ0) is 21.1. The largest absolute Gasteiger partial charge is 0.368 e. The van der Waals surface area contributed by atoms with Crippen LogP contribution < -0.4 is 10.2 Å². The third-order valence-corrected chi connectivity index (χ3v) is 6.06. The maximum atomic E-state index is 13.0. The molecule has 2 heterocycles. The van der Waals surface area contributed by atoms with E-state index >= 15 is 0 Å². The van der Waals surface area contributed by atoms with E-state index in [1.165, 1.54) is 0 Å². The zero-order valence-electron chi connectivity index (χ0n) is 15.9. The number of nitrogens with zero attached hydrogens (tertiary/aromatic N) is 3. The third kappa shape index (κ3) is 4.20. The Bertz CT molecular complexity index is 1060. The van der Waals surface area contributed by atoms with Crippen molar-refractivity contribution in [3.63, 3.8) is 0 Å². The lowest BCUT2D eigenvalue weighted by atomic mass is 10.2. The van der Waals surface area contributed by atoms with Gasteiger partial charge in [0, 0.05) is 31.9 Å². The summed E-state index contributed by atoms with van der Waals surface area (Å²) in [6.07, 6.45) is 0. The highest BCUT2D eigenvalue weighted by Crippen LogP contribution is 2.27. The normalized spacial score (nSPS) is 13.9. The average Bonchev–Trinajstić information content (AvgIpc) is 3.14. The van der Waals surface area contributed by atoms with Crippen molar-refractivity contribution in [3.8, 4) is 0 Å². The van der Waals surface area contributed by atoms with Crippen LogP contribution in [0.5, 0.6) is 0 Å². The minimum atomic E-state index is -0.400. The fourth-order valence-corrected chi connectivity index (χ4v) is 4.01. The number of H-pyrrole nitrogens is 1. The van der Waals surface area contributed by atoms with Crippen molar-refractivity contribution in [2.45, 2.75) is 0 Å². The van der Waals surface area contributed by atoms with Crippen LogP contribution >= 0.6 is 27.5 Å². The molecule has 0 bridgehead atoms. The Hall–Kier alpha value is -2.84. The van der Waals surface area contributed by atoms with Gasteiger partial charge in [-0.15, -0.1) is 0 Å². The maximum absolute atomic E-state index is 13.0. The molecule has 0 saturated carbocycles. The molecule has 1 aliphatic rings. The van der Waals surface area contributed by atoms with Crippen molar-refractivity contribution in [3.05, 3.63) is 75.4 Å². The maximum Gasteiger partial charge on any atom is 0.273 e. The summed E-state index contributed by atoms with van der Waals surface area (Å²) in [7, 11) is 0. The Morgan fingerprint density at radius 1 is 1.00 bits per heavy atom. The second-order valence-corrected chi connectivity index (χ2v) is 8.01. The Kier molecular flexibility index (Phi) is 6.06.